The molecule has 2 rings (SSSR count). The van der Waals surface area contributed by atoms with Gasteiger partial charge in [-0.25, -0.2) is 8.42 Å². The summed E-state index contributed by atoms with van der Waals surface area (Å²) in [4.78, 5) is 12.0. The van der Waals surface area contributed by atoms with Crippen molar-refractivity contribution in [2.24, 2.45) is 0 Å². The maximum absolute atomic E-state index is 12.0. The highest BCUT2D eigenvalue weighted by Gasteiger charge is 2.18. The number of ether oxygens (including phenoxy) is 1. The Morgan fingerprint density at radius 1 is 1.36 bits per heavy atom. The van der Waals surface area contributed by atoms with E-state index in [-0.39, 0.29) is 17.8 Å². The molecule has 6 nitrogen and oxygen atoms in total. The van der Waals surface area contributed by atoms with Gasteiger partial charge in [0.25, 0.3) is 5.91 Å². The number of hydrogen-bond donors (Lipinski definition) is 1. The number of nitrogens with zero attached hydrogens (tertiary/aromatic N) is 1. The summed E-state index contributed by atoms with van der Waals surface area (Å²) in [5.74, 6) is -0.143. The number of nitrogens with one attached hydrogen (secondary N) is 1. The molecule has 1 N–H and O–H groups in total. The number of amides is 1. The molecular formula is C15H22N2O4S. The molecule has 1 atom stereocenters. The predicted octanol–water partition coefficient (Wildman–Crippen LogP) is 1.38. The summed E-state index contributed by atoms with van der Waals surface area (Å²) < 4.78 is 30.3. The van der Waals surface area contributed by atoms with Crippen LogP contribution in [0, 0.1) is 0 Å². The lowest BCUT2D eigenvalue weighted by Gasteiger charge is -2.18. The van der Waals surface area contributed by atoms with Crippen molar-refractivity contribution in [3.63, 3.8) is 0 Å². The van der Waals surface area contributed by atoms with Crippen LogP contribution in [0.25, 0.3) is 0 Å². The highest BCUT2D eigenvalue weighted by atomic mass is 32.2. The van der Waals surface area contributed by atoms with Crippen molar-refractivity contribution in [3.8, 4) is 0 Å². The van der Waals surface area contributed by atoms with Gasteiger partial charge in [0, 0.05) is 25.8 Å². The molecule has 0 unspecified atom stereocenters. The lowest BCUT2D eigenvalue weighted by atomic mass is 10.2. The zero-order chi connectivity index (χ0) is 16.2. The Hall–Kier alpha value is -1.60. The number of rotatable bonds is 6. The molecule has 1 aromatic carbocycles. The summed E-state index contributed by atoms with van der Waals surface area (Å²) in [6.07, 6.45) is 2.11. The second-order valence-electron chi connectivity index (χ2n) is 5.26. The summed E-state index contributed by atoms with van der Waals surface area (Å²) in [6.45, 7) is 2.86. The van der Waals surface area contributed by atoms with Crippen LogP contribution in [0.2, 0.25) is 0 Å². The van der Waals surface area contributed by atoms with Crippen LogP contribution < -0.4 is 9.62 Å². The van der Waals surface area contributed by atoms with Crippen molar-refractivity contribution >= 4 is 21.6 Å². The Bertz CT molecular complexity index is 607. The third kappa shape index (κ3) is 3.98. The van der Waals surface area contributed by atoms with Gasteiger partial charge in [-0.1, -0.05) is 0 Å². The lowest BCUT2D eigenvalue weighted by Crippen LogP contribution is -2.32. The average molecular weight is 326 g/mol. The molecule has 0 aromatic heterocycles. The van der Waals surface area contributed by atoms with E-state index >= 15 is 0 Å². The van der Waals surface area contributed by atoms with Gasteiger partial charge in [0.1, 0.15) is 0 Å². The number of anilines is 1. The molecule has 7 heteroatoms. The van der Waals surface area contributed by atoms with Crippen molar-refractivity contribution in [2.75, 3.05) is 30.3 Å². The number of carbonyl (C=O) groups excluding carboxylic acids is 1. The molecule has 1 aromatic rings. The molecule has 1 aliphatic rings. The first-order chi connectivity index (χ1) is 10.4. The van der Waals surface area contributed by atoms with E-state index in [1.165, 1.54) is 11.4 Å². The molecule has 122 valence electrons. The Morgan fingerprint density at radius 3 is 2.59 bits per heavy atom. The smallest absolute Gasteiger partial charge is 0.251 e. The molecule has 22 heavy (non-hydrogen) atoms. The van der Waals surface area contributed by atoms with Crippen LogP contribution in [-0.4, -0.2) is 46.4 Å². The summed E-state index contributed by atoms with van der Waals surface area (Å²) in [5.41, 5.74) is 1.04. The molecule has 1 aliphatic heterocycles. The van der Waals surface area contributed by atoms with E-state index in [9.17, 15) is 13.2 Å². The van der Waals surface area contributed by atoms with E-state index in [0.29, 0.717) is 17.8 Å². The van der Waals surface area contributed by atoms with Crippen molar-refractivity contribution in [3.05, 3.63) is 29.8 Å². The van der Waals surface area contributed by atoms with Crippen LogP contribution in [0.4, 0.5) is 5.69 Å². The number of hydrogen-bond acceptors (Lipinski definition) is 4. The van der Waals surface area contributed by atoms with Crippen LogP contribution >= 0.6 is 0 Å². The quantitative estimate of drug-likeness (QED) is 0.857. The van der Waals surface area contributed by atoms with E-state index in [1.807, 2.05) is 0 Å². The summed E-state index contributed by atoms with van der Waals surface area (Å²) in [7, 11) is -1.78. The molecule has 1 amide bonds. The van der Waals surface area contributed by atoms with Gasteiger partial charge in [-0.3, -0.25) is 9.10 Å². The maximum atomic E-state index is 12.0. The fraction of sp³-hybridized carbons (Fsp3) is 0.533. The van der Waals surface area contributed by atoms with Gasteiger partial charge in [0.15, 0.2) is 0 Å². The Morgan fingerprint density at radius 2 is 2.05 bits per heavy atom. The van der Waals surface area contributed by atoms with E-state index in [2.05, 4.69) is 5.32 Å². The number of carbonyl (C=O) groups is 1. The van der Waals surface area contributed by atoms with E-state index in [1.54, 1.807) is 31.2 Å². The maximum Gasteiger partial charge on any atom is 0.251 e. The monoisotopic (exact) mass is 326 g/mol. The molecule has 0 saturated carbocycles. The van der Waals surface area contributed by atoms with Crippen LogP contribution in [0.15, 0.2) is 24.3 Å². The Kier molecular flexibility index (Phi) is 5.42. The van der Waals surface area contributed by atoms with Crippen molar-refractivity contribution in [1.29, 1.82) is 0 Å². The third-order valence-electron chi connectivity index (χ3n) is 3.79. The first kappa shape index (κ1) is 16.8. The van der Waals surface area contributed by atoms with Crippen LogP contribution in [-0.2, 0) is 14.8 Å². The van der Waals surface area contributed by atoms with Crippen LogP contribution in [0.5, 0.6) is 0 Å². The normalized spacial score (nSPS) is 18.2. The number of sulfonamides is 1. The van der Waals surface area contributed by atoms with Crippen molar-refractivity contribution in [2.45, 2.75) is 25.9 Å². The highest BCUT2D eigenvalue weighted by molar-refractivity contribution is 7.92. The Labute approximate surface area is 131 Å². The molecule has 0 spiro atoms. The molecular weight excluding hydrogens is 304 g/mol. The van der Waals surface area contributed by atoms with E-state index < -0.39 is 10.0 Å². The van der Waals surface area contributed by atoms with Gasteiger partial charge in [-0.15, -0.1) is 0 Å². The standard InChI is InChI=1S/C15H22N2O4S/c1-3-22(19,20)17(2)13-8-6-12(7-9-13)15(18)16-11-14-5-4-10-21-14/h6-9,14H,3-5,10-11H2,1-2H3,(H,16,18)/t14-/m0/s1. The first-order valence-corrected chi connectivity index (χ1v) is 9.01. The fourth-order valence-corrected chi connectivity index (χ4v) is 3.12. The van der Waals surface area contributed by atoms with Crippen molar-refractivity contribution < 1.29 is 17.9 Å². The number of benzene rings is 1. The highest BCUT2D eigenvalue weighted by Crippen LogP contribution is 2.17. The minimum atomic E-state index is -3.29. The summed E-state index contributed by atoms with van der Waals surface area (Å²) >= 11 is 0. The van der Waals surface area contributed by atoms with Gasteiger partial charge >= 0.3 is 0 Å². The third-order valence-corrected chi connectivity index (χ3v) is 5.56. The molecule has 1 fully saturated rings. The zero-order valence-corrected chi connectivity index (χ0v) is 13.7. The topological polar surface area (TPSA) is 75.7 Å². The van der Waals surface area contributed by atoms with Gasteiger partial charge < -0.3 is 10.1 Å². The minimum Gasteiger partial charge on any atom is -0.376 e. The average Bonchev–Trinajstić information content (AvgIpc) is 3.05. The molecule has 1 heterocycles. The van der Waals surface area contributed by atoms with Crippen molar-refractivity contribution in [1.82, 2.24) is 5.32 Å². The minimum absolute atomic E-state index is 0.0348. The van der Waals surface area contributed by atoms with Gasteiger partial charge in [-0.05, 0) is 44.0 Å². The van der Waals surface area contributed by atoms with Gasteiger partial charge in [-0.2, -0.15) is 0 Å². The second kappa shape index (κ2) is 7.11. The van der Waals surface area contributed by atoms with E-state index in [4.69, 9.17) is 4.74 Å². The zero-order valence-electron chi connectivity index (χ0n) is 12.9. The molecule has 1 saturated heterocycles. The summed E-state index contributed by atoms with van der Waals surface area (Å²) in [6, 6.07) is 6.52. The summed E-state index contributed by atoms with van der Waals surface area (Å²) in [5, 5.41) is 2.84. The first-order valence-electron chi connectivity index (χ1n) is 7.40. The largest absolute Gasteiger partial charge is 0.376 e. The predicted molar refractivity (Wildman–Crippen MR) is 85.6 cm³/mol. The molecule has 0 aliphatic carbocycles. The Balaban J connectivity index is 1.97. The second-order valence-corrected chi connectivity index (χ2v) is 7.55. The molecule has 0 bridgehead atoms. The molecule has 0 radical (unpaired) electrons. The van der Waals surface area contributed by atoms with E-state index in [0.717, 1.165) is 19.4 Å². The fourth-order valence-electron chi connectivity index (χ4n) is 2.29. The lowest BCUT2D eigenvalue weighted by molar-refractivity contribution is 0.0858. The van der Waals surface area contributed by atoms with Crippen LogP contribution in [0.3, 0.4) is 0 Å². The van der Waals surface area contributed by atoms with Gasteiger partial charge in [0.05, 0.1) is 17.5 Å². The van der Waals surface area contributed by atoms with Gasteiger partial charge in [0.2, 0.25) is 10.0 Å². The SMILES string of the molecule is CCS(=O)(=O)N(C)c1ccc(C(=O)NC[C@@H]2CCCO2)cc1. The van der Waals surface area contributed by atoms with Crippen LogP contribution in [0.1, 0.15) is 30.1 Å².